The van der Waals surface area contributed by atoms with Crippen LogP contribution in [0, 0.1) is 41.5 Å². The molecule has 0 radical (unpaired) electrons. The summed E-state index contributed by atoms with van der Waals surface area (Å²) < 4.78 is 97.5. The summed E-state index contributed by atoms with van der Waals surface area (Å²) in [5.41, 5.74) is -0.0542. The number of nitrogens with zero attached hydrogens (tertiary/aromatic N) is 1. The van der Waals surface area contributed by atoms with Crippen LogP contribution >= 0.6 is 0 Å². The zero-order valence-electron chi connectivity index (χ0n) is 35.1. The second-order valence-electron chi connectivity index (χ2n) is 16.2. The molecule has 2 aromatic rings. The van der Waals surface area contributed by atoms with Gasteiger partial charge in [0.25, 0.3) is 10.1 Å². The van der Waals surface area contributed by atoms with E-state index >= 15 is 0 Å². The Morgan fingerprint density at radius 2 is 1.35 bits per heavy atom. The lowest BCUT2D eigenvalue weighted by molar-refractivity contribution is -0.117. The van der Waals surface area contributed by atoms with Crippen LogP contribution in [0.1, 0.15) is 80.4 Å². The second kappa shape index (κ2) is 24.3. The van der Waals surface area contributed by atoms with Crippen molar-refractivity contribution in [2.24, 2.45) is 5.92 Å². The van der Waals surface area contributed by atoms with Crippen molar-refractivity contribution in [1.82, 2.24) is 10.2 Å². The fourth-order valence-electron chi connectivity index (χ4n) is 4.30. The molecule has 1 heterocycles. The Bertz CT molecular complexity index is 1660. The third kappa shape index (κ3) is 26.0. The van der Waals surface area contributed by atoms with Crippen LogP contribution in [0.15, 0.2) is 36.9 Å². The second-order valence-corrected chi connectivity index (χ2v) is 17.8. The Balaban J connectivity index is 0.00000100. The van der Waals surface area contributed by atoms with E-state index in [0.717, 1.165) is 30.5 Å². The van der Waals surface area contributed by atoms with Gasteiger partial charge in [0, 0.05) is 36.7 Å². The highest BCUT2D eigenvalue weighted by Gasteiger charge is 2.29. The standard InChI is InChI=1S/C23H24F4O5.C7H13NO.C6H13N.C5H12O3S/c1-3-4-30-12-17(29)13-32-23-20(26)8-16(9-21(23)27)5-15-6-18(24)22(19(25)7-15)31-11-14(2)10-28;1-5-6(9)8-7(2,3)4;1-6(2,3)7-4-5-7;1-5(2,3)8-9(4,6)7/h1,6-9,14,17,28-29H,4-5,10-13H2,2H3;5H,1H2,2-4H3,(H,8,9);4-5H2,1-3H3;1-4H3. The van der Waals surface area contributed by atoms with Crippen molar-refractivity contribution >= 4 is 16.0 Å². The number of hydrogen-bond acceptors (Lipinski definition) is 10. The number of aliphatic hydroxyl groups is 2. The minimum absolute atomic E-state index is 0.0233. The summed E-state index contributed by atoms with van der Waals surface area (Å²) in [6.07, 6.45) is 6.01. The molecule has 0 aliphatic carbocycles. The summed E-state index contributed by atoms with van der Waals surface area (Å²) in [6, 6.07) is 3.97. The number of carbonyl (C=O) groups excluding carboxylic acids is 1. The number of benzene rings is 2. The number of nitrogens with one attached hydrogen (secondary N) is 1. The van der Waals surface area contributed by atoms with Crippen LogP contribution in [-0.4, -0.2) is 105 Å². The Morgan fingerprint density at radius 3 is 1.61 bits per heavy atom. The van der Waals surface area contributed by atoms with Crippen molar-refractivity contribution in [2.45, 2.75) is 98.4 Å². The molecule has 1 amide bonds. The van der Waals surface area contributed by atoms with Crippen molar-refractivity contribution in [3.05, 3.63) is 71.3 Å². The first-order valence-corrected chi connectivity index (χ1v) is 19.9. The highest BCUT2D eigenvalue weighted by atomic mass is 32.2. The van der Waals surface area contributed by atoms with Gasteiger partial charge >= 0.3 is 0 Å². The lowest BCUT2D eigenvalue weighted by Gasteiger charge is -2.18. The van der Waals surface area contributed by atoms with Crippen molar-refractivity contribution in [3.8, 4) is 23.8 Å². The van der Waals surface area contributed by atoms with E-state index in [1.807, 2.05) is 20.8 Å². The molecule has 3 N–H and O–H groups in total. The first kappa shape index (κ1) is 53.3. The Morgan fingerprint density at radius 1 is 0.912 bits per heavy atom. The van der Waals surface area contributed by atoms with Crippen LogP contribution in [-0.2, 0) is 30.3 Å². The average molecular weight is 835 g/mol. The van der Waals surface area contributed by atoms with E-state index in [0.29, 0.717) is 5.54 Å². The van der Waals surface area contributed by atoms with Gasteiger partial charge in [-0.3, -0.25) is 13.9 Å². The quantitative estimate of drug-likeness (QED) is 0.0505. The van der Waals surface area contributed by atoms with Crippen molar-refractivity contribution in [1.29, 1.82) is 0 Å². The van der Waals surface area contributed by atoms with Gasteiger partial charge in [-0.05, 0) is 110 Å². The van der Waals surface area contributed by atoms with Gasteiger partial charge in [-0.25, -0.2) is 17.6 Å². The summed E-state index contributed by atoms with van der Waals surface area (Å²) >= 11 is 0. The molecule has 0 aromatic heterocycles. The number of rotatable bonds is 14. The molecule has 1 fully saturated rings. The van der Waals surface area contributed by atoms with E-state index in [2.05, 4.69) is 47.7 Å². The summed E-state index contributed by atoms with van der Waals surface area (Å²) in [4.78, 5) is 13.0. The van der Waals surface area contributed by atoms with Gasteiger partial charge in [-0.1, -0.05) is 19.4 Å². The number of hydrogen-bond donors (Lipinski definition) is 3. The molecule has 3 rings (SSSR count). The number of ether oxygens (including phenoxy) is 3. The summed E-state index contributed by atoms with van der Waals surface area (Å²) in [7, 11) is -3.28. The predicted molar refractivity (Wildman–Crippen MR) is 214 cm³/mol. The zero-order chi connectivity index (χ0) is 44.4. The largest absolute Gasteiger partial charge is 0.487 e. The zero-order valence-corrected chi connectivity index (χ0v) is 35.9. The molecule has 1 aliphatic rings. The van der Waals surface area contributed by atoms with Crippen molar-refractivity contribution in [2.75, 3.05) is 52.4 Å². The van der Waals surface area contributed by atoms with Crippen molar-refractivity contribution in [3.63, 3.8) is 0 Å². The smallest absolute Gasteiger partial charge is 0.264 e. The molecule has 1 aliphatic heterocycles. The first-order chi connectivity index (χ1) is 26.0. The Hall–Kier alpha value is -3.72. The van der Waals surface area contributed by atoms with Crippen LogP contribution in [0.25, 0.3) is 0 Å². The molecule has 16 heteroatoms. The van der Waals surface area contributed by atoms with Gasteiger partial charge in [-0.2, -0.15) is 8.42 Å². The SMILES string of the molecule is C#CCOCC(O)COc1c(F)cc(Cc2cc(F)c(OCC(C)CO)c(F)c2)cc1F.C=CC(=O)NC(C)(C)C.CC(C)(C)N1CC1.CC(C)(C)OS(C)(=O)=O. The third-order valence-corrected chi connectivity index (χ3v) is 7.55. The molecular weight excluding hydrogens is 773 g/mol. The molecule has 0 spiro atoms. The molecule has 1 saturated heterocycles. The van der Waals surface area contributed by atoms with Gasteiger partial charge in [0.05, 0.1) is 25.1 Å². The molecule has 2 atom stereocenters. The summed E-state index contributed by atoms with van der Waals surface area (Å²) in [6.45, 7) is 24.3. The maximum absolute atomic E-state index is 14.3. The van der Waals surface area contributed by atoms with Gasteiger partial charge < -0.3 is 29.7 Å². The summed E-state index contributed by atoms with van der Waals surface area (Å²) in [5.74, 6) is -3.49. The van der Waals surface area contributed by atoms with E-state index in [1.54, 1.807) is 27.7 Å². The maximum Gasteiger partial charge on any atom is 0.264 e. The van der Waals surface area contributed by atoms with E-state index in [1.165, 1.54) is 19.2 Å². The van der Waals surface area contributed by atoms with Gasteiger partial charge in [-0.15, -0.1) is 6.42 Å². The third-order valence-electron chi connectivity index (χ3n) is 6.74. The first-order valence-electron chi connectivity index (χ1n) is 18.1. The van der Waals surface area contributed by atoms with Gasteiger partial charge in [0.15, 0.2) is 34.8 Å². The number of aliphatic hydroxyl groups excluding tert-OH is 2. The van der Waals surface area contributed by atoms with Crippen LogP contribution in [0.4, 0.5) is 17.6 Å². The monoisotopic (exact) mass is 834 g/mol. The van der Waals surface area contributed by atoms with E-state index in [4.69, 9.17) is 25.7 Å². The van der Waals surface area contributed by atoms with E-state index < -0.39 is 63.2 Å². The highest BCUT2D eigenvalue weighted by molar-refractivity contribution is 7.86. The Labute approximate surface area is 336 Å². The molecule has 0 bridgehead atoms. The minimum atomic E-state index is -3.28. The van der Waals surface area contributed by atoms with Crippen LogP contribution in [0.3, 0.4) is 0 Å². The van der Waals surface area contributed by atoms with Crippen LogP contribution in [0.5, 0.6) is 11.5 Å². The minimum Gasteiger partial charge on any atom is -0.487 e. The maximum atomic E-state index is 14.3. The van der Waals surface area contributed by atoms with Crippen molar-refractivity contribution < 1.29 is 59.4 Å². The van der Waals surface area contributed by atoms with Gasteiger partial charge in [0.1, 0.15) is 19.3 Å². The van der Waals surface area contributed by atoms with Gasteiger partial charge in [0.2, 0.25) is 5.91 Å². The van der Waals surface area contributed by atoms with Crippen LogP contribution in [0.2, 0.25) is 0 Å². The molecule has 57 heavy (non-hydrogen) atoms. The fraction of sp³-hybridized carbons (Fsp3) is 0.585. The molecule has 11 nitrogen and oxygen atoms in total. The number of carbonyl (C=O) groups is 1. The van der Waals surface area contributed by atoms with Crippen LogP contribution < -0.4 is 14.8 Å². The Kier molecular flexibility index (Phi) is 22.7. The molecular formula is C41H62F4N2O9S. The fourth-order valence-corrected chi connectivity index (χ4v) is 5.20. The molecule has 2 aromatic carbocycles. The lowest BCUT2D eigenvalue weighted by atomic mass is 10.0. The average Bonchev–Trinajstić information content (AvgIpc) is 3.89. The topological polar surface area (TPSA) is 144 Å². The number of halogens is 4. The molecule has 324 valence electrons. The predicted octanol–water partition coefficient (Wildman–Crippen LogP) is 6.18. The highest BCUT2D eigenvalue weighted by Crippen LogP contribution is 2.28. The summed E-state index contributed by atoms with van der Waals surface area (Å²) in [5, 5.41) is 21.3. The lowest BCUT2D eigenvalue weighted by Crippen LogP contribution is -2.39. The number of amides is 1. The van der Waals surface area contributed by atoms with E-state index in [-0.39, 0.29) is 61.3 Å². The normalized spacial score (nSPS) is 13.8. The molecule has 2 unspecified atom stereocenters. The van der Waals surface area contributed by atoms with E-state index in [9.17, 15) is 35.9 Å². The number of terminal acetylenes is 1. The molecule has 0 saturated carbocycles.